The molecule has 4 aliphatic rings. The average molecular weight is 222 g/mol. The van der Waals surface area contributed by atoms with Crippen molar-refractivity contribution < 1.29 is 9.59 Å². The molecule has 0 atom stereocenters. The first-order valence-corrected chi connectivity index (χ1v) is 5.91. The average Bonchev–Trinajstić information content (AvgIpc) is 2.89. The molecule has 0 N–H and O–H groups in total. The number of allylic oxidation sites excluding steroid dienone is 10. The molecule has 0 aliphatic heterocycles. The first-order valence-electron chi connectivity index (χ1n) is 5.91. The summed E-state index contributed by atoms with van der Waals surface area (Å²) in [6.07, 6.45) is 10.7. The van der Waals surface area contributed by atoms with Gasteiger partial charge >= 0.3 is 0 Å². The summed E-state index contributed by atoms with van der Waals surface area (Å²) in [7, 11) is 0. The van der Waals surface area contributed by atoms with Crippen LogP contribution in [0, 0.1) is 0 Å². The Hall–Kier alpha value is -1.96. The first kappa shape index (κ1) is 9.11. The van der Waals surface area contributed by atoms with Gasteiger partial charge < -0.3 is 0 Å². The zero-order valence-electron chi connectivity index (χ0n) is 9.25. The molecular formula is C15H10O2. The maximum absolute atomic E-state index is 12.1. The minimum absolute atomic E-state index is 0.304. The van der Waals surface area contributed by atoms with Gasteiger partial charge in [-0.15, -0.1) is 0 Å². The van der Waals surface area contributed by atoms with Gasteiger partial charge in [0.05, 0.1) is 0 Å². The molecule has 4 aliphatic carbocycles. The minimum atomic E-state index is -0.308. The summed E-state index contributed by atoms with van der Waals surface area (Å²) in [5, 5.41) is 0. The normalized spacial score (nSPS) is 25.2. The summed E-state index contributed by atoms with van der Waals surface area (Å²) in [4.78, 5) is 24.0. The third-order valence-electron chi connectivity index (χ3n) is 3.92. The van der Waals surface area contributed by atoms with Crippen molar-refractivity contribution in [1.82, 2.24) is 0 Å². The Kier molecular flexibility index (Phi) is 1.52. The molecule has 82 valence electrons. The van der Waals surface area contributed by atoms with Gasteiger partial charge in [0.25, 0.3) is 0 Å². The monoisotopic (exact) mass is 222 g/mol. The third kappa shape index (κ3) is 0.960. The molecule has 0 aromatic carbocycles. The Morgan fingerprint density at radius 3 is 2.82 bits per heavy atom. The number of fused-ring (bicyclic) bond motifs is 1. The van der Waals surface area contributed by atoms with E-state index < -0.39 is 0 Å². The fraction of sp³-hybridized carbons (Fsp3) is 0.200. The summed E-state index contributed by atoms with van der Waals surface area (Å²) in [5.41, 5.74) is 5.75. The van der Waals surface area contributed by atoms with Gasteiger partial charge in [-0.2, -0.15) is 0 Å². The molecule has 2 heteroatoms. The van der Waals surface area contributed by atoms with Crippen LogP contribution in [0.25, 0.3) is 0 Å². The second-order valence-electron chi connectivity index (χ2n) is 4.81. The van der Waals surface area contributed by atoms with E-state index in [1.165, 1.54) is 11.1 Å². The Morgan fingerprint density at radius 2 is 1.94 bits per heavy atom. The van der Waals surface area contributed by atoms with Crippen LogP contribution in [0.3, 0.4) is 0 Å². The first-order chi connectivity index (χ1) is 8.27. The molecule has 0 aromatic rings. The number of hydrogen-bond donors (Lipinski definition) is 0. The van der Waals surface area contributed by atoms with Gasteiger partial charge in [-0.3, -0.25) is 9.59 Å². The van der Waals surface area contributed by atoms with Crippen LogP contribution >= 0.6 is 0 Å². The van der Waals surface area contributed by atoms with E-state index in [0.717, 1.165) is 30.4 Å². The number of rotatable bonds is 0. The Balaban J connectivity index is 2.10. The van der Waals surface area contributed by atoms with E-state index in [9.17, 15) is 9.59 Å². The maximum Gasteiger partial charge on any atom is 0.234 e. The van der Waals surface area contributed by atoms with E-state index >= 15 is 0 Å². The lowest BCUT2D eigenvalue weighted by Crippen LogP contribution is -2.09. The maximum atomic E-state index is 12.1. The molecule has 0 radical (unpaired) electrons. The zero-order valence-corrected chi connectivity index (χ0v) is 9.25. The summed E-state index contributed by atoms with van der Waals surface area (Å²) < 4.78 is 0. The molecule has 17 heavy (non-hydrogen) atoms. The molecular weight excluding hydrogens is 212 g/mol. The smallest absolute Gasteiger partial charge is 0.234 e. The van der Waals surface area contributed by atoms with E-state index in [1.807, 2.05) is 18.2 Å². The highest BCUT2D eigenvalue weighted by atomic mass is 16.2. The van der Waals surface area contributed by atoms with Crippen LogP contribution in [0.2, 0.25) is 0 Å². The summed E-state index contributed by atoms with van der Waals surface area (Å²) in [5.74, 6) is -0.612. The fourth-order valence-corrected chi connectivity index (χ4v) is 3.19. The molecule has 1 saturated carbocycles. The second-order valence-corrected chi connectivity index (χ2v) is 4.81. The quantitative estimate of drug-likeness (QED) is 0.589. The molecule has 2 nitrogen and oxygen atoms in total. The van der Waals surface area contributed by atoms with Gasteiger partial charge in [0.2, 0.25) is 11.6 Å². The van der Waals surface area contributed by atoms with E-state index in [-0.39, 0.29) is 11.6 Å². The van der Waals surface area contributed by atoms with Crippen molar-refractivity contribution in [2.45, 2.75) is 19.3 Å². The molecule has 0 aromatic heterocycles. The minimum Gasteiger partial charge on any atom is -0.285 e. The van der Waals surface area contributed by atoms with Crippen LogP contribution in [0.5, 0.6) is 0 Å². The molecule has 0 unspecified atom stereocenters. The van der Waals surface area contributed by atoms with Crippen molar-refractivity contribution in [2.24, 2.45) is 0 Å². The zero-order chi connectivity index (χ0) is 11.6. The predicted molar refractivity (Wildman–Crippen MR) is 63.2 cm³/mol. The lowest BCUT2D eigenvalue weighted by Gasteiger charge is -2.23. The number of ketones is 2. The Bertz CT molecular complexity index is 648. The van der Waals surface area contributed by atoms with Crippen LogP contribution in [-0.2, 0) is 9.59 Å². The van der Waals surface area contributed by atoms with Crippen molar-refractivity contribution in [3.63, 3.8) is 0 Å². The number of carbonyl (C=O) groups excluding carboxylic acids is 2. The molecule has 0 heterocycles. The summed E-state index contributed by atoms with van der Waals surface area (Å²) in [6, 6.07) is 0. The molecule has 0 amide bonds. The van der Waals surface area contributed by atoms with Gasteiger partial charge in [0, 0.05) is 11.1 Å². The molecule has 0 bridgehead atoms. The number of Topliss-reactive ketones (excluding diaryl/α,β-unsaturated/α-hetero) is 2. The SMILES string of the molecule is O=C1C(=O)C2=C3C=CC=C3CC3=C2C1=CCC3. The highest BCUT2D eigenvalue weighted by Crippen LogP contribution is 2.47. The highest BCUT2D eigenvalue weighted by molar-refractivity contribution is 6.56. The van der Waals surface area contributed by atoms with Crippen LogP contribution in [0.1, 0.15) is 19.3 Å². The topological polar surface area (TPSA) is 34.1 Å². The number of carbonyl (C=O) groups is 2. The number of hydrogen-bond acceptors (Lipinski definition) is 2. The largest absolute Gasteiger partial charge is 0.285 e. The van der Waals surface area contributed by atoms with E-state index in [2.05, 4.69) is 6.08 Å². The Labute approximate surface area is 98.7 Å². The lowest BCUT2D eigenvalue weighted by atomic mass is 9.80. The molecule has 0 spiro atoms. The second kappa shape index (κ2) is 2.83. The summed E-state index contributed by atoms with van der Waals surface area (Å²) in [6.45, 7) is 0. The van der Waals surface area contributed by atoms with Crippen LogP contribution in [0.15, 0.2) is 57.7 Å². The predicted octanol–water partition coefficient (Wildman–Crippen LogP) is 2.35. The van der Waals surface area contributed by atoms with Crippen molar-refractivity contribution >= 4 is 11.6 Å². The van der Waals surface area contributed by atoms with Crippen LogP contribution in [0.4, 0.5) is 0 Å². The standard InChI is InChI=1S/C15H10O2/c16-14-11-6-2-4-9-7-8-3-1-5-10(8)13(12(9)11)15(14)17/h1,3,5-6H,2,4,7H2. The molecule has 1 fully saturated rings. The molecule has 0 saturated heterocycles. The third-order valence-corrected chi connectivity index (χ3v) is 3.92. The summed E-state index contributed by atoms with van der Waals surface area (Å²) >= 11 is 0. The van der Waals surface area contributed by atoms with E-state index in [0.29, 0.717) is 11.1 Å². The van der Waals surface area contributed by atoms with Crippen molar-refractivity contribution in [2.75, 3.05) is 0 Å². The van der Waals surface area contributed by atoms with Crippen LogP contribution < -0.4 is 0 Å². The highest BCUT2D eigenvalue weighted by Gasteiger charge is 2.43. The van der Waals surface area contributed by atoms with E-state index in [1.54, 1.807) is 0 Å². The van der Waals surface area contributed by atoms with Gasteiger partial charge in [-0.1, -0.05) is 29.9 Å². The van der Waals surface area contributed by atoms with Gasteiger partial charge in [-0.25, -0.2) is 0 Å². The van der Waals surface area contributed by atoms with Gasteiger partial charge in [-0.05, 0) is 36.0 Å². The molecule has 4 rings (SSSR count). The van der Waals surface area contributed by atoms with Crippen molar-refractivity contribution in [3.05, 3.63) is 57.7 Å². The van der Waals surface area contributed by atoms with Crippen molar-refractivity contribution in [3.8, 4) is 0 Å². The van der Waals surface area contributed by atoms with Crippen LogP contribution in [-0.4, -0.2) is 11.6 Å². The van der Waals surface area contributed by atoms with Gasteiger partial charge in [0.15, 0.2) is 0 Å². The van der Waals surface area contributed by atoms with Gasteiger partial charge in [0.1, 0.15) is 0 Å². The Morgan fingerprint density at radius 1 is 1.06 bits per heavy atom. The van der Waals surface area contributed by atoms with E-state index in [4.69, 9.17) is 0 Å². The lowest BCUT2D eigenvalue weighted by molar-refractivity contribution is -0.130. The fourth-order valence-electron chi connectivity index (χ4n) is 3.19. The van der Waals surface area contributed by atoms with Crippen molar-refractivity contribution in [1.29, 1.82) is 0 Å².